The van der Waals surface area contributed by atoms with E-state index in [1.807, 2.05) is 19.1 Å². The lowest BCUT2D eigenvalue weighted by Gasteiger charge is -2.15. The number of halogens is 2. The fraction of sp³-hybridized carbons (Fsp3) is 0.320. The van der Waals surface area contributed by atoms with Crippen LogP contribution >= 0.6 is 11.6 Å². The average molecular weight is 469 g/mol. The van der Waals surface area contributed by atoms with Crippen molar-refractivity contribution in [2.75, 3.05) is 6.61 Å². The number of ether oxygens (including phenoxy) is 2. The SMILES string of the molecule is CCOc1cc(C=NN2C(=O)C3C4C=CC(C4)C3C2=O)cc(Cl)c1OCc1cccc(F)c1. The number of hydrogen-bond acceptors (Lipinski definition) is 5. The number of imide groups is 1. The summed E-state index contributed by atoms with van der Waals surface area (Å²) in [5.74, 6) is -0.468. The second-order valence-electron chi connectivity index (χ2n) is 8.41. The van der Waals surface area contributed by atoms with Crippen LogP contribution in [0.1, 0.15) is 24.5 Å². The number of amides is 2. The predicted octanol–water partition coefficient (Wildman–Crippen LogP) is 4.60. The maximum Gasteiger partial charge on any atom is 0.254 e. The average Bonchev–Trinajstić information content (AvgIpc) is 3.46. The summed E-state index contributed by atoms with van der Waals surface area (Å²) in [5, 5.41) is 5.46. The summed E-state index contributed by atoms with van der Waals surface area (Å²) < 4.78 is 24.9. The topological polar surface area (TPSA) is 68.2 Å². The highest BCUT2D eigenvalue weighted by Gasteiger charge is 2.59. The first-order valence-corrected chi connectivity index (χ1v) is 11.3. The van der Waals surface area contributed by atoms with Crippen LogP contribution in [0.3, 0.4) is 0 Å². The molecule has 1 saturated heterocycles. The van der Waals surface area contributed by atoms with Crippen LogP contribution in [0.2, 0.25) is 5.02 Å². The van der Waals surface area contributed by atoms with Crippen LogP contribution in [-0.2, 0) is 16.2 Å². The number of allylic oxidation sites excluding steroid dienone is 2. The van der Waals surface area contributed by atoms with Gasteiger partial charge in [-0.25, -0.2) is 4.39 Å². The molecule has 33 heavy (non-hydrogen) atoms. The fourth-order valence-corrected chi connectivity index (χ4v) is 5.25. The molecule has 6 nitrogen and oxygen atoms in total. The van der Waals surface area contributed by atoms with Gasteiger partial charge in [0.15, 0.2) is 11.5 Å². The molecular weight excluding hydrogens is 447 g/mol. The lowest BCUT2D eigenvalue weighted by molar-refractivity contribution is -0.140. The summed E-state index contributed by atoms with van der Waals surface area (Å²) in [4.78, 5) is 25.6. The fourth-order valence-electron chi connectivity index (χ4n) is 4.97. The third kappa shape index (κ3) is 3.91. The zero-order valence-corrected chi connectivity index (χ0v) is 18.7. The van der Waals surface area contributed by atoms with Crippen LogP contribution in [0, 0.1) is 29.5 Å². The molecule has 8 heteroatoms. The Morgan fingerprint density at radius 1 is 1.12 bits per heavy atom. The van der Waals surface area contributed by atoms with E-state index in [1.54, 1.807) is 24.3 Å². The molecule has 2 aromatic carbocycles. The van der Waals surface area contributed by atoms with Crippen molar-refractivity contribution in [2.24, 2.45) is 28.8 Å². The lowest BCUT2D eigenvalue weighted by Crippen LogP contribution is -2.28. The van der Waals surface area contributed by atoms with Crippen LogP contribution < -0.4 is 9.47 Å². The van der Waals surface area contributed by atoms with Gasteiger partial charge in [0, 0.05) is 0 Å². The maximum absolute atomic E-state index is 13.4. The van der Waals surface area contributed by atoms with Gasteiger partial charge in [-0.05, 0) is 60.6 Å². The van der Waals surface area contributed by atoms with Gasteiger partial charge in [-0.15, -0.1) is 0 Å². The molecule has 2 aromatic rings. The van der Waals surface area contributed by atoms with Crippen molar-refractivity contribution in [2.45, 2.75) is 20.0 Å². The Morgan fingerprint density at radius 3 is 2.52 bits per heavy atom. The Bertz CT molecular complexity index is 1150. The summed E-state index contributed by atoms with van der Waals surface area (Å²) in [6.07, 6.45) is 6.38. The first kappa shape index (κ1) is 21.6. The highest BCUT2D eigenvalue weighted by Crippen LogP contribution is 2.52. The van der Waals surface area contributed by atoms with E-state index in [4.69, 9.17) is 21.1 Å². The molecular formula is C25H22ClFN2O4. The standard InChI is InChI=1S/C25H22ClFN2O4/c1-2-32-20-10-15(9-19(26)23(20)33-13-14-4-3-5-18(27)8-14)12-28-29-24(30)21-16-6-7-17(11-16)22(21)25(29)31/h3-10,12,16-17,21-22H,2,11,13H2,1H3. The monoisotopic (exact) mass is 468 g/mol. The molecule has 5 rings (SSSR count). The van der Waals surface area contributed by atoms with Gasteiger partial charge in [0.05, 0.1) is 29.7 Å². The van der Waals surface area contributed by atoms with Crippen molar-refractivity contribution in [1.29, 1.82) is 0 Å². The van der Waals surface area contributed by atoms with E-state index >= 15 is 0 Å². The lowest BCUT2D eigenvalue weighted by atomic mass is 9.85. The Kier molecular flexibility index (Phi) is 5.66. The van der Waals surface area contributed by atoms with E-state index < -0.39 is 0 Å². The quantitative estimate of drug-likeness (QED) is 0.338. The Labute approximate surface area is 195 Å². The predicted molar refractivity (Wildman–Crippen MR) is 121 cm³/mol. The molecule has 4 unspecified atom stereocenters. The summed E-state index contributed by atoms with van der Waals surface area (Å²) >= 11 is 6.45. The molecule has 2 bridgehead atoms. The molecule has 2 amide bonds. The van der Waals surface area contributed by atoms with Crippen LogP contribution in [0.25, 0.3) is 0 Å². The molecule has 3 aliphatic rings. The van der Waals surface area contributed by atoms with Crippen LogP contribution in [0.5, 0.6) is 11.5 Å². The van der Waals surface area contributed by atoms with Gasteiger partial charge in [-0.3, -0.25) is 9.59 Å². The van der Waals surface area contributed by atoms with Crippen molar-refractivity contribution in [3.05, 3.63) is 70.5 Å². The first-order valence-electron chi connectivity index (χ1n) is 10.9. The van der Waals surface area contributed by atoms with E-state index in [9.17, 15) is 14.0 Å². The van der Waals surface area contributed by atoms with Crippen LogP contribution in [0.15, 0.2) is 53.7 Å². The van der Waals surface area contributed by atoms with Gasteiger partial charge in [0.1, 0.15) is 12.4 Å². The minimum atomic E-state index is -0.349. The van der Waals surface area contributed by atoms with Crippen molar-refractivity contribution in [1.82, 2.24) is 5.01 Å². The highest BCUT2D eigenvalue weighted by atomic mass is 35.5. The highest BCUT2D eigenvalue weighted by molar-refractivity contribution is 6.32. The molecule has 0 radical (unpaired) electrons. The van der Waals surface area contributed by atoms with Gasteiger partial charge in [0.2, 0.25) is 0 Å². The Balaban J connectivity index is 1.35. The van der Waals surface area contributed by atoms with E-state index in [0.29, 0.717) is 29.2 Å². The number of carbonyl (C=O) groups is 2. The van der Waals surface area contributed by atoms with Crippen molar-refractivity contribution < 1.29 is 23.5 Å². The smallest absolute Gasteiger partial charge is 0.254 e. The summed E-state index contributed by atoms with van der Waals surface area (Å²) in [6, 6.07) is 9.40. The maximum atomic E-state index is 13.4. The zero-order chi connectivity index (χ0) is 23.1. The second kappa shape index (κ2) is 8.63. The van der Waals surface area contributed by atoms with Crippen molar-refractivity contribution >= 4 is 29.6 Å². The molecule has 1 heterocycles. The summed E-state index contributed by atoms with van der Waals surface area (Å²) in [6.45, 7) is 2.31. The minimum Gasteiger partial charge on any atom is -0.490 e. The van der Waals surface area contributed by atoms with Gasteiger partial charge < -0.3 is 9.47 Å². The number of hydrogen-bond donors (Lipinski definition) is 0. The molecule has 0 N–H and O–H groups in total. The third-order valence-electron chi connectivity index (χ3n) is 6.37. The zero-order valence-electron chi connectivity index (χ0n) is 17.9. The molecule has 4 atom stereocenters. The van der Waals surface area contributed by atoms with Gasteiger partial charge in [-0.2, -0.15) is 10.1 Å². The van der Waals surface area contributed by atoms with Gasteiger partial charge in [0.25, 0.3) is 11.8 Å². The van der Waals surface area contributed by atoms with Gasteiger partial charge >= 0.3 is 0 Å². The van der Waals surface area contributed by atoms with Crippen molar-refractivity contribution in [3.8, 4) is 11.5 Å². The first-order chi connectivity index (χ1) is 16.0. The molecule has 0 spiro atoms. The Hall–Kier alpha value is -3.19. The largest absolute Gasteiger partial charge is 0.490 e. The van der Waals surface area contributed by atoms with E-state index in [-0.39, 0.29) is 52.9 Å². The molecule has 2 aliphatic carbocycles. The molecule has 1 aliphatic heterocycles. The number of carbonyl (C=O) groups excluding carboxylic acids is 2. The van der Waals surface area contributed by atoms with Crippen molar-refractivity contribution in [3.63, 3.8) is 0 Å². The third-order valence-corrected chi connectivity index (χ3v) is 6.65. The number of benzene rings is 2. The van der Waals surface area contributed by atoms with E-state index in [0.717, 1.165) is 11.4 Å². The van der Waals surface area contributed by atoms with E-state index in [2.05, 4.69) is 5.10 Å². The molecule has 2 fully saturated rings. The molecule has 170 valence electrons. The van der Waals surface area contributed by atoms with Crippen LogP contribution in [-0.4, -0.2) is 29.6 Å². The minimum absolute atomic E-state index is 0.112. The van der Waals surface area contributed by atoms with E-state index in [1.165, 1.54) is 18.3 Å². The van der Waals surface area contributed by atoms with Gasteiger partial charge in [-0.1, -0.05) is 35.9 Å². The summed E-state index contributed by atoms with van der Waals surface area (Å²) in [5.41, 5.74) is 1.21. The molecule has 1 saturated carbocycles. The normalized spacial score (nSPS) is 25.4. The second-order valence-corrected chi connectivity index (χ2v) is 8.82. The van der Waals surface area contributed by atoms with Crippen LogP contribution in [0.4, 0.5) is 4.39 Å². The number of fused-ring (bicyclic) bond motifs is 5. The number of hydrazone groups is 1. The number of nitrogens with zero attached hydrogens (tertiary/aromatic N) is 2. The number of rotatable bonds is 7. The molecule has 0 aromatic heterocycles. The Morgan fingerprint density at radius 2 is 1.85 bits per heavy atom. The summed E-state index contributed by atoms with van der Waals surface area (Å²) in [7, 11) is 0.